The molecule has 7 nitrogen and oxygen atoms in total. The molecule has 4 N–H and O–H groups in total. The van der Waals surface area contributed by atoms with Crippen molar-refractivity contribution < 1.29 is 4.79 Å². The summed E-state index contributed by atoms with van der Waals surface area (Å²) >= 11 is 1.52. The van der Waals surface area contributed by atoms with Crippen molar-refractivity contribution in [1.82, 2.24) is 20.3 Å². The molecule has 1 aromatic carbocycles. The summed E-state index contributed by atoms with van der Waals surface area (Å²) in [5.74, 6) is 1.21. The molecule has 2 unspecified atom stereocenters. The third kappa shape index (κ3) is 5.82. The fraction of sp³-hybridized carbons (Fsp3) is 0.500. The van der Waals surface area contributed by atoms with Gasteiger partial charge in [-0.2, -0.15) is 15.0 Å². The number of amides is 1. The number of carbonyl (C=O) groups excluding carboxylic acids is 1. The molecule has 28 heavy (non-hydrogen) atoms. The summed E-state index contributed by atoms with van der Waals surface area (Å²) < 4.78 is 0. The molecule has 0 saturated heterocycles. The van der Waals surface area contributed by atoms with Crippen LogP contribution in [0.2, 0.25) is 0 Å². The smallest absolute Gasteiger partial charge is 0.233 e. The van der Waals surface area contributed by atoms with Gasteiger partial charge in [-0.1, -0.05) is 37.5 Å². The topological polar surface area (TPSA) is 106 Å². The fourth-order valence-corrected chi connectivity index (χ4v) is 4.32. The molecule has 0 aliphatic heterocycles. The van der Waals surface area contributed by atoms with Crippen LogP contribution in [0.3, 0.4) is 0 Å². The number of aromatic nitrogens is 3. The number of nitrogen functional groups attached to an aromatic ring is 1. The molecule has 1 fully saturated rings. The largest absolute Gasteiger partial charge is 0.368 e. The molecule has 2 aromatic rings. The van der Waals surface area contributed by atoms with Crippen molar-refractivity contribution in [2.75, 3.05) is 11.1 Å². The Morgan fingerprint density at radius 3 is 2.54 bits per heavy atom. The van der Waals surface area contributed by atoms with Gasteiger partial charge in [-0.15, -0.1) is 11.8 Å². The van der Waals surface area contributed by atoms with E-state index in [0.717, 1.165) is 18.5 Å². The summed E-state index contributed by atoms with van der Waals surface area (Å²) in [5, 5.41) is 6.04. The van der Waals surface area contributed by atoms with Crippen LogP contribution < -0.4 is 16.4 Å². The van der Waals surface area contributed by atoms with Crippen LogP contribution in [0.25, 0.3) is 0 Å². The normalized spacial score (nSPS) is 16.9. The first-order valence-corrected chi connectivity index (χ1v) is 10.7. The lowest BCUT2D eigenvalue weighted by Gasteiger charge is -2.25. The number of carbonyl (C=O) groups is 1. The number of nitrogens with zero attached hydrogens (tertiary/aromatic N) is 3. The van der Waals surface area contributed by atoms with Crippen LogP contribution in [0.15, 0.2) is 30.3 Å². The van der Waals surface area contributed by atoms with Crippen molar-refractivity contribution >= 4 is 35.3 Å². The minimum Gasteiger partial charge on any atom is -0.368 e. The van der Waals surface area contributed by atoms with Gasteiger partial charge in [0.15, 0.2) is 0 Å². The van der Waals surface area contributed by atoms with Crippen molar-refractivity contribution in [3.05, 3.63) is 36.2 Å². The molecule has 150 valence electrons. The molecule has 1 heterocycles. The molecule has 1 amide bonds. The predicted molar refractivity (Wildman–Crippen MR) is 114 cm³/mol. The molecular weight excluding hydrogens is 372 g/mol. The predicted octanol–water partition coefficient (Wildman–Crippen LogP) is 3.83. The van der Waals surface area contributed by atoms with Crippen LogP contribution in [0.1, 0.15) is 57.0 Å². The van der Waals surface area contributed by atoms with E-state index in [4.69, 9.17) is 5.73 Å². The van der Waals surface area contributed by atoms with Gasteiger partial charge in [0, 0.05) is 11.7 Å². The Hall–Kier alpha value is -2.35. The first-order valence-electron chi connectivity index (χ1n) is 9.80. The number of hydrogen-bond acceptors (Lipinski definition) is 7. The second-order valence-corrected chi connectivity index (χ2v) is 8.82. The Labute approximate surface area is 170 Å². The number of thioether (sulfide) groups is 1. The van der Waals surface area contributed by atoms with Gasteiger partial charge in [-0.05, 0) is 38.8 Å². The van der Waals surface area contributed by atoms with E-state index in [1.807, 2.05) is 44.2 Å². The summed E-state index contributed by atoms with van der Waals surface area (Å²) in [6.07, 6.45) is 5.83. The fourth-order valence-electron chi connectivity index (χ4n) is 3.29. The maximum absolute atomic E-state index is 12.5. The van der Waals surface area contributed by atoms with Crippen LogP contribution in [-0.2, 0) is 4.79 Å². The van der Waals surface area contributed by atoms with E-state index in [-0.39, 0.29) is 22.4 Å². The summed E-state index contributed by atoms with van der Waals surface area (Å²) in [6.45, 7) is 3.91. The number of hydrogen-bond donors (Lipinski definition) is 3. The lowest BCUT2D eigenvalue weighted by atomic mass is 9.95. The quantitative estimate of drug-likeness (QED) is 0.648. The monoisotopic (exact) mass is 400 g/mol. The van der Waals surface area contributed by atoms with Gasteiger partial charge in [0.25, 0.3) is 0 Å². The molecule has 2 atom stereocenters. The van der Waals surface area contributed by atoms with Gasteiger partial charge in [-0.3, -0.25) is 4.79 Å². The Balaban J connectivity index is 1.61. The third-order valence-corrected chi connectivity index (χ3v) is 6.03. The van der Waals surface area contributed by atoms with Gasteiger partial charge in [0.05, 0.1) is 10.5 Å². The Morgan fingerprint density at radius 1 is 1.11 bits per heavy atom. The number of anilines is 3. The van der Waals surface area contributed by atoms with Crippen molar-refractivity contribution in [3.63, 3.8) is 0 Å². The Kier molecular flexibility index (Phi) is 7.08. The van der Waals surface area contributed by atoms with E-state index >= 15 is 0 Å². The van der Waals surface area contributed by atoms with E-state index in [0.29, 0.717) is 17.8 Å². The minimum absolute atomic E-state index is 0.0772. The molecule has 8 heteroatoms. The van der Waals surface area contributed by atoms with Crippen molar-refractivity contribution in [2.24, 2.45) is 0 Å². The lowest BCUT2D eigenvalue weighted by molar-refractivity contribution is -0.121. The number of nitrogens with one attached hydrogen (secondary N) is 2. The Bertz CT molecular complexity index is 782. The maximum atomic E-state index is 12.5. The zero-order valence-corrected chi connectivity index (χ0v) is 17.2. The van der Waals surface area contributed by atoms with E-state index in [2.05, 4.69) is 25.6 Å². The van der Waals surface area contributed by atoms with Gasteiger partial charge in [0.2, 0.25) is 17.8 Å². The van der Waals surface area contributed by atoms with Crippen LogP contribution in [0, 0.1) is 0 Å². The lowest BCUT2D eigenvalue weighted by Crippen LogP contribution is -2.40. The highest BCUT2D eigenvalue weighted by Crippen LogP contribution is 2.31. The van der Waals surface area contributed by atoms with E-state index in [1.165, 1.54) is 31.0 Å². The zero-order valence-electron chi connectivity index (χ0n) is 16.4. The summed E-state index contributed by atoms with van der Waals surface area (Å²) in [6, 6.07) is 9.97. The number of benzene rings is 1. The summed E-state index contributed by atoms with van der Waals surface area (Å²) in [4.78, 5) is 25.4. The number of nitrogens with two attached hydrogens (primary N) is 1. The second kappa shape index (κ2) is 9.73. The molecule has 1 aliphatic carbocycles. The molecular formula is C20H28N6OS. The molecule has 1 aromatic heterocycles. The van der Waals surface area contributed by atoms with Gasteiger partial charge in [0.1, 0.15) is 5.82 Å². The highest BCUT2D eigenvalue weighted by Gasteiger charge is 2.23. The van der Waals surface area contributed by atoms with Crippen LogP contribution >= 0.6 is 11.8 Å². The SMILES string of the molecule is CC(SC(C)c1nc(N)nc(Nc2ccccc2)n1)C(=O)NC1CCCCC1. The van der Waals surface area contributed by atoms with Gasteiger partial charge < -0.3 is 16.4 Å². The first-order chi connectivity index (χ1) is 13.5. The highest BCUT2D eigenvalue weighted by molar-refractivity contribution is 8.00. The minimum atomic E-state index is -0.194. The third-order valence-electron chi connectivity index (χ3n) is 4.79. The first kappa shape index (κ1) is 20.4. The van der Waals surface area contributed by atoms with Gasteiger partial charge in [-0.25, -0.2) is 0 Å². The van der Waals surface area contributed by atoms with E-state index in [1.54, 1.807) is 0 Å². The van der Waals surface area contributed by atoms with Crippen molar-refractivity contribution in [3.8, 4) is 0 Å². The molecule has 1 aliphatic rings. The summed E-state index contributed by atoms with van der Waals surface area (Å²) in [7, 11) is 0. The molecule has 0 bridgehead atoms. The average Bonchev–Trinajstić information content (AvgIpc) is 2.69. The molecule has 3 rings (SSSR count). The van der Waals surface area contributed by atoms with Crippen molar-refractivity contribution in [1.29, 1.82) is 0 Å². The van der Waals surface area contributed by atoms with Crippen LogP contribution in [0.4, 0.5) is 17.6 Å². The molecule has 0 radical (unpaired) electrons. The standard InChI is InChI=1S/C20H28N6OS/c1-13(28-14(2)18(27)22-15-9-5-3-6-10-15)17-24-19(21)26-20(25-17)23-16-11-7-4-8-12-16/h4,7-8,11-15H,3,5-6,9-10H2,1-2H3,(H,22,27)(H3,21,23,24,25,26). The van der Waals surface area contributed by atoms with Gasteiger partial charge >= 0.3 is 0 Å². The number of rotatable bonds is 7. The van der Waals surface area contributed by atoms with Crippen molar-refractivity contribution in [2.45, 2.75) is 62.5 Å². The Morgan fingerprint density at radius 2 is 1.82 bits per heavy atom. The molecule has 1 saturated carbocycles. The molecule has 0 spiro atoms. The van der Waals surface area contributed by atoms with Crippen LogP contribution in [-0.4, -0.2) is 32.2 Å². The zero-order chi connectivity index (χ0) is 19.9. The number of para-hydroxylation sites is 1. The average molecular weight is 401 g/mol. The summed E-state index contributed by atoms with van der Waals surface area (Å²) in [5.41, 5.74) is 6.75. The van der Waals surface area contributed by atoms with E-state index < -0.39 is 0 Å². The van der Waals surface area contributed by atoms with Crippen LogP contribution in [0.5, 0.6) is 0 Å². The second-order valence-electron chi connectivity index (χ2n) is 7.13. The highest BCUT2D eigenvalue weighted by atomic mass is 32.2. The maximum Gasteiger partial charge on any atom is 0.233 e. The van der Waals surface area contributed by atoms with E-state index in [9.17, 15) is 4.79 Å².